The second kappa shape index (κ2) is 6.06. The Bertz CT molecular complexity index is 624. The summed E-state index contributed by atoms with van der Waals surface area (Å²) in [5.41, 5.74) is 3.02. The van der Waals surface area contributed by atoms with Gasteiger partial charge in [-0.3, -0.25) is 24.6 Å². The molecular weight excluding hydrogens is 295 g/mol. The van der Waals surface area contributed by atoms with Crippen LogP contribution in [0.5, 0.6) is 0 Å². The van der Waals surface area contributed by atoms with Gasteiger partial charge in [0, 0.05) is 37.3 Å². The number of primary amides is 1. The fraction of sp³-hybridized carbons (Fsp3) is 0.385. The lowest BCUT2D eigenvalue weighted by atomic mass is 10.1. The van der Waals surface area contributed by atoms with Gasteiger partial charge in [0.15, 0.2) is 0 Å². The number of halogens is 1. The molecule has 1 fully saturated rings. The summed E-state index contributed by atoms with van der Waals surface area (Å²) in [6, 6.07) is 5.49. The molecule has 0 radical (unpaired) electrons. The molecule has 1 heterocycles. The van der Waals surface area contributed by atoms with Gasteiger partial charge in [0.2, 0.25) is 11.6 Å². The van der Waals surface area contributed by atoms with Gasteiger partial charge in [-0.05, 0) is 6.07 Å². The summed E-state index contributed by atoms with van der Waals surface area (Å²) in [6.07, 6.45) is -0.0492. The summed E-state index contributed by atoms with van der Waals surface area (Å²) < 4.78 is 14.0. The normalized spacial score (nSPS) is 21.5. The summed E-state index contributed by atoms with van der Waals surface area (Å²) in [5, 5.41) is 13.1. The minimum absolute atomic E-state index is 0.0492. The van der Waals surface area contributed by atoms with E-state index in [1.54, 1.807) is 0 Å². The van der Waals surface area contributed by atoms with Gasteiger partial charge < -0.3 is 11.1 Å². The van der Waals surface area contributed by atoms with Crippen LogP contribution in [0.1, 0.15) is 6.42 Å². The number of nitro groups is 1. The van der Waals surface area contributed by atoms with E-state index in [-0.39, 0.29) is 37.4 Å². The van der Waals surface area contributed by atoms with Crippen LogP contribution in [0, 0.1) is 10.1 Å². The van der Waals surface area contributed by atoms with Crippen LogP contribution in [-0.2, 0) is 9.59 Å². The number of nitro benzene ring substituents is 1. The predicted octanol–water partition coefficient (Wildman–Crippen LogP) is 0.433. The maximum absolute atomic E-state index is 14.0. The highest BCUT2D eigenvalue weighted by atomic mass is 19.1. The lowest BCUT2D eigenvalue weighted by molar-refractivity contribution is -0.384. The van der Waals surface area contributed by atoms with E-state index >= 15 is 0 Å². The second-order valence-electron chi connectivity index (χ2n) is 5.15. The molecule has 3 N–H and O–H groups in total. The Morgan fingerprint density at radius 1 is 1.50 bits per heavy atom. The van der Waals surface area contributed by atoms with Gasteiger partial charge >= 0.3 is 0 Å². The van der Waals surface area contributed by atoms with Gasteiger partial charge in [0.05, 0.1) is 11.5 Å². The lowest BCUT2D eigenvalue weighted by Gasteiger charge is -2.17. The molecule has 0 aromatic heterocycles. The van der Waals surface area contributed by atoms with Crippen LogP contribution in [0.2, 0.25) is 0 Å². The largest absolute Gasteiger partial charge is 0.367 e. The number of nitrogens with one attached hydrogen (secondary N) is 1. The number of hydrogen-bond acceptors (Lipinski definition) is 5. The molecule has 1 saturated heterocycles. The molecule has 0 aliphatic carbocycles. The number of non-ortho nitro benzene ring substituents is 1. The number of benzene rings is 1. The monoisotopic (exact) mass is 310 g/mol. The van der Waals surface area contributed by atoms with Crippen LogP contribution in [0.4, 0.5) is 15.8 Å². The van der Waals surface area contributed by atoms with Crippen molar-refractivity contribution >= 4 is 23.2 Å². The predicted molar refractivity (Wildman–Crippen MR) is 75.8 cm³/mol. The van der Waals surface area contributed by atoms with Gasteiger partial charge in [-0.2, -0.15) is 0 Å². The van der Waals surface area contributed by atoms with Crippen molar-refractivity contribution in [3.63, 3.8) is 0 Å². The highest BCUT2D eigenvalue weighted by Gasteiger charge is 2.43. The van der Waals surface area contributed by atoms with Crippen LogP contribution < -0.4 is 11.1 Å². The molecule has 1 aromatic carbocycles. The van der Waals surface area contributed by atoms with E-state index in [0.717, 1.165) is 0 Å². The van der Waals surface area contributed by atoms with Gasteiger partial charge in [0.25, 0.3) is 11.6 Å². The van der Waals surface area contributed by atoms with Crippen LogP contribution >= 0.6 is 0 Å². The summed E-state index contributed by atoms with van der Waals surface area (Å²) in [6.45, 7) is -0.117. The third-order valence-corrected chi connectivity index (χ3v) is 3.45. The van der Waals surface area contributed by atoms with Crippen LogP contribution in [0.25, 0.3) is 0 Å². The minimum atomic E-state index is -2.11. The summed E-state index contributed by atoms with van der Waals surface area (Å²) in [4.78, 5) is 34.4. The third kappa shape index (κ3) is 3.55. The first kappa shape index (κ1) is 15.8. The molecule has 22 heavy (non-hydrogen) atoms. The van der Waals surface area contributed by atoms with Gasteiger partial charge in [-0.25, -0.2) is 4.39 Å². The number of carbonyl (C=O) groups excluding carboxylic acids is 2. The topological polar surface area (TPSA) is 119 Å². The number of nitrogens with zero attached hydrogens (tertiary/aromatic N) is 2. The Labute approximate surface area is 125 Å². The number of likely N-dealkylation sites (tertiary alicyclic amines) is 1. The molecule has 1 aromatic rings. The van der Waals surface area contributed by atoms with E-state index in [1.165, 1.54) is 29.2 Å². The first-order valence-corrected chi connectivity index (χ1v) is 6.56. The highest BCUT2D eigenvalue weighted by Crippen LogP contribution is 2.25. The number of carbonyl (C=O) groups is 2. The molecular formula is C13H15FN4O4. The van der Waals surface area contributed by atoms with E-state index in [1.807, 2.05) is 0 Å². The van der Waals surface area contributed by atoms with E-state index in [2.05, 4.69) is 5.32 Å². The lowest BCUT2D eigenvalue weighted by Crippen LogP contribution is -2.43. The molecule has 118 valence electrons. The van der Waals surface area contributed by atoms with Crippen molar-refractivity contribution in [2.75, 3.05) is 25.0 Å². The van der Waals surface area contributed by atoms with Crippen LogP contribution in [0.15, 0.2) is 24.3 Å². The molecule has 0 saturated carbocycles. The zero-order valence-corrected chi connectivity index (χ0v) is 11.6. The van der Waals surface area contributed by atoms with Crippen molar-refractivity contribution in [2.45, 2.75) is 12.1 Å². The number of hydrogen-bond donors (Lipinski definition) is 2. The summed E-state index contributed by atoms with van der Waals surface area (Å²) in [5.74, 6) is -1.48. The van der Waals surface area contributed by atoms with Gasteiger partial charge in [-0.1, -0.05) is 6.07 Å². The van der Waals surface area contributed by atoms with Gasteiger partial charge in [0.1, 0.15) is 0 Å². The van der Waals surface area contributed by atoms with Crippen molar-refractivity contribution in [1.29, 1.82) is 0 Å². The quantitative estimate of drug-likeness (QED) is 0.604. The maximum atomic E-state index is 14.0. The molecule has 1 unspecified atom stereocenters. The minimum Gasteiger partial charge on any atom is -0.367 e. The van der Waals surface area contributed by atoms with Crippen molar-refractivity contribution in [3.05, 3.63) is 34.4 Å². The smallest absolute Gasteiger partial charge is 0.271 e. The van der Waals surface area contributed by atoms with E-state index in [9.17, 15) is 24.1 Å². The molecule has 2 amide bonds. The molecule has 8 nitrogen and oxygen atoms in total. The molecule has 1 atom stereocenters. The Morgan fingerprint density at radius 3 is 2.82 bits per heavy atom. The van der Waals surface area contributed by atoms with Crippen molar-refractivity contribution in [2.24, 2.45) is 5.73 Å². The Balaban J connectivity index is 1.93. The Hall–Kier alpha value is -2.55. The number of rotatable bonds is 5. The number of alkyl halides is 1. The van der Waals surface area contributed by atoms with Gasteiger partial charge in [-0.15, -0.1) is 0 Å². The molecule has 2 rings (SSSR count). The SMILES string of the molecule is NC(=O)C1(F)CCN(CC(=O)Nc2cccc([N+](=O)[O-])c2)C1. The standard InChI is InChI=1S/C13H15FN4O4/c14-13(12(15)20)4-5-17(8-13)7-11(19)16-9-2-1-3-10(6-9)18(21)22/h1-3,6H,4-5,7-8H2,(H2,15,20)(H,16,19). The first-order chi connectivity index (χ1) is 10.3. The third-order valence-electron chi connectivity index (χ3n) is 3.45. The van der Waals surface area contributed by atoms with Crippen LogP contribution in [0.3, 0.4) is 0 Å². The number of anilines is 1. The van der Waals surface area contributed by atoms with Crippen LogP contribution in [-0.4, -0.2) is 46.9 Å². The summed E-state index contributed by atoms with van der Waals surface area (Å²) in [7, 11) is 0. The second-order valence-corrected chi connectivity index (χ2v) is 5.15. The average Bonchev–Trinajstić information content (AvgIpc) is 2.81. The number of nitrogens with two attached hydrogens (primary N) is 1. The van der Waals surface area contributed by atoms with E-state index in [0.29, 0.717) is 0 Å². The van der Waals surface area contributed by atoms with E-state index in [4.69, 9.17) is 5.73 Å². The maximum Gasteiger partial charge on any atom is 0.271 e. The molecule has 9 heteroatoms. The molecule has 1 aliphatic heterocycles. The molecule has 0 bridgehead atoms. The average molecular weight is 310 g/mol. The zero-order valence-electron chi connectivity index (χ0n) is 11.6. The first-order valence-electron chi connectivity index (χ1n) is 6.56. The summed E-state index contributed by atoms with van der Waals surface area (Å²) >= 11 is 0. The Kier molecular flexibility index (Phi) is 4.36. The fourth-order valence-corrected chi connectivity index (χ4v) is 2.28. The molecule has 1 aliphatic rings. The van der Waals surface area contributed by atoms with Crippen molar-refractivity contribution in [1.82, 2.24) is 4.90 Å². The highest BCUT2D eigenvalue weighted by molar-refractivity contribution is 5.92. The fourth-order valence-electron chi connectivity index (χ4n) is 2.28. The molecule has 0 spiro atoms. The zero-order chi connectivity index (χ0) is 16.3. The van der Waals surface area contributed by atoms with Crippen molar-refractivity contribution in [3.8, 4) is 0 Å². The Morgan fingerprint density at radius 2 is 2.23 bits per heavy atom. The number of amides is 2. The van der Waals surface area contributed by atoms with Crippen molar-refractivity contribution < 1.29 is 18.9 Å². The van der Waals surface area contributed by atoms with E-state index < -0.39 is 22.4 Å².